The Kier molecular flexibility index (Phi) is 10.2. The lowest BCUT2D eigenvalue weighted by Crippen LogP contribution is -2.28. The van der Waals surface area contributed by atoms with Crippen molar-refractivity contribution >= 4 is 95.1 Å². The molecule has 0 saturated heterocycles. The largest absolute Gasteiger partial charge is 0.399 e. The molecule has 0 aliphatic heterocycles. The molecule has 6 rings (SSSR count). The van der Waals surface area contributed by atoms with Crippen LogP contribution in [0.25, 0.3) is 6.08 Å². The lowest BCUT2D eigenvalue weighted by molar-refractivity contribution is 0.106. The van der Waals surface area contributed by atoms with Crippen LogP contribution in [0.2, 0.25) is 0 Å². The second kappa shape index (κ2) is 14.8. The molecule has 268 valence electrons. The molecule has 1 aliphatic rings. The summed E-state index contributed by atoms with van der Waals surface area (Å²) in [6.07, 6.45) is 0.815. The molecule has 0 unspecified atom stereocenters. The number of nitrogens with zero attached hydrogens (tertiary/aromatic N) is 5. The number of benzene rings is 5. The smallest absolute Gasteiger partial charge is 0.296 e. The number of nitrogens with two attached hydrogens (primary N) is 3. The van der Waals surface area contributed by atoms with Gasteiger partial charge in [-0.25, -0.2) is 0 Å². The normalized spacial score (nSPS) is 14.1. The summed E-state index contributed by atoms with van der Waals surface area (Å²) in [6.45, 7) is 0. The number of carbonyl (C=O) groups is 1. The molecule has 0 spiro atoms. The van der Waals surface area contributed by atoms with Gasteiger partial charge in [0.25, 0.3) is 20.2 Å². The first-order valence-corrected chi connectivity index (χ1v) is 18.8. The van der Waals surface area contributed by atoms with E-state index in [-0.39, 0.29) is 11.1 Å². The van der Waals surface area contributed by atoms with Gasteiger partial charge in [0.15, 0.2) is 5.71 Å². The maximum atomic E-state index is 13.7. The molecular weight excluding hydrogens is 743 g/mol. The van der Waals surface area contributed by atoms with E-state index >= 15 is 0 Å². The van der Waals surface area contributed by atoms with Crippen LogP contribution in [-0.2, 0) is 20.2 Å². The lowest BCUT2D eigenvalue weighted by Gasteiger charge is -2.20. The van der Waals surface area contributed by atoms with Crippen molar-refractivity contribution in [2.24, 2.45) is 25.6 Å². The summed E-state index contributed by atoms with van der Waals surface area (Å²) < 4.78 is 69.3. The van der Waals surface area contributed by atoms with E-state index in [0.29, 0.717) is 34.1 Å². The van der Waals surface area contributed by atoms with E-state index in [1.807, 2.05) is 12.1 Å². The zero-order valence-electron chi connectivity index (χ0n) is 27.0. The highest BCUT2D eigenvalue weighted by molar-refractivity contribution is 7.99. The van der Waals surface area contributed by atoms with Crippen LogP contribution >= 0.6 is 11.8 Å². The van der Waals surface area contributed by atoms with Crippen molar-refractivity contribution in [1.82, 2.24) is 0 Å². The minimum Gasteiger partial charge on any atom is -0.399 e. The zero-order valence-corrected chi connectivity index (χ0v) is 29.5. The first kappa shape index (κ1) is 36.5. The third-order valence-electron chi connectivity index (χ3n) is 7.42. The van der Waals surface area contributed by atoms with Crippen LogP contribution in [0.4, 0.5) is 45.5 Å². The minimum atomic E-state index is -5.09. The Morgan fingerprint density at radius 1 is 0.679 bits per heavy atom. The number of hydrazone groups is 1. The molecule has 0 radical (unpaired) electrons. The number of allylic oxidation sites excluding steroid dienone is 1. The molecule has 5 aromatic carbocycles. The van der Waals surface area contributed by atoms with Crippen LogP contribution in [0.5, 0.6) is 0 Å². The number of fused-ring (bicyclic) bond motifs is 1. The van der Waals surface area contributed by atoms with Gasteiger partial charge < -0.3 is 17.2 Å². The second-order valence-electron chi connectivity index (χ2n) is 11.1. The highest BCUT2D eigenvalue weighted by Gasteiger charge is 2.37. The van der Waals surface area contributed by atoms with E-state index in [1.165, 1.54) is 11.8 Å². The van der Waals surface area contributed by atoms with Gasteiger partial charge in [0.05, 0.1) is 34.0 Å². The Labute approximate surface area is 306 Å². The standard InChI is InChI=1S/C34H27N9O7S3/c35-20-6-15-27(26(36)18-20)41-38-22-7-11-24(12-8-22)51-25-13-9-23(10-14-25)40-43-33-29(53(48,49)50)17-19-16-28(52(45,46)47)32(31(37)30(19)34(33)44)42-39-21-4-2-1-3-5-21/h1-18,40H,35-37H2,(H,45,46,47)(H,48,49,50)/b41-38?,42-39?,43-33+. The third kappa shape index (κ3) is 8.46. The molecule has 16 nitrogen and oxygen atoms in total. The molecule has 0 bridgehead atoms. The SMILES string of the molecule is Nc1ccc(N=Nc2ccc(Sc3ccc(N/N=C4/C(=O)c5c(cc(S(=O)(=O)O)c(N=Nc6ccccc6)c5N)C=C4S(=O)(=O)O)cc3)cc2)c(N)c1. The fraction of sp³-hybridized carbons (Fsp3) is 0. The van der Waals surface area contributed by atoms with Crippen LogP contribution in [-0.4, -0.2) is 37.4 Å². The Balaban J connectivity index is 1.23. The van der Waals surface area contributed by atoms with Crippen molar-refractivity contribution < 1.29 is 30.7 Å². The highest BCUT2D eigenvalue weighted by Crippen LogP contribution is 2.41. The van der Waals surface area contributed by atoms with E-state index in [4.69, 9.17) is 17.2 Å². The molecule has 1 aliphatic carbocycles. The highest BCUT2D eigenvalue weighted by atomic mass is 32.2. The van der Waals surface area contributed by atoms with Crippen molar-refractivity contribution in [2.75, 3.05) is 22.6 Å². The van der Waals surface area contributed by atoms with E-state index in [1.54, 1.807) is 84.9 Å². The number of azo groups is 2. The van der Waals surface area contributed by atoms with E-state index in [0.717, 1.165) is 21.9 Å². The molecule has 53 heavy (non-hydrogen) atoms. The summed E-state index contributed by atoms with van der Waals surface area (Å²) in [5.74, 6) is -1.08. The topological polar surface area (TPSA) is 278 Å². The van der Waals surface area contributed by atoms with Crippen molar-refractivity contribution in [3.63, 3.8) is 0 Å². The van der Waals surface area contributed by atoms with Gasteiger partial charge >= 0.3 is 0 Å². The van der Waals surface area contributed by atoms with Gasteiger partial charge in [-0.05, 0) is 96.6 Å². The quantitative estimate of drug-likeness (QED) is 0.0347. The van der Waals surface area contributed by atoms with Crippen LogP contribution in [0, 0.1) is 0 Å². The summed E-state index contributed by atoms with van der Waals surface area (Å²) in [7, 11) is -10.1. The fourth-order valence-corrected chi connectivity index (χ4v) is 7.06. The maximum Gasteiger partial charge on any atom is 0.296 e. The number of rotatable bonds is 10. The van der Waals surface area contributed by atoms with Crippen LogP contribution in [0.3, 0.4) is 0 Å². The number of carbonyl (C=O) groups excluding carboxylic acids is 1. The van der Waals surface area contributed by atoms with Gasteiger partial charge in [-0.1, -0.05) is 30.0 Å². The van der Waals surface area contributed by atoms with E-state index in [2.05, 4.69) is 31.0 Å². The molecule has 0 heterocycles. The van der Waals surface area contributed by atoms with Gasteiger partial charge in [0.2, 0.25) is 5.78 Å². The number of nitrogens with one attached hydrogen (secondary N) is 1. The molecular formula is C34H27N9O7S3. The molecule has 0 atom stereocenters. The van der Waals surface area contributed by atoms with Gasteiger partial charge in [-0.3, -0.25) is 19.3 Å². The van der Waals surface area contributed by atoms with Crippen LogP contribution in [0.15, 0.2) is 148 Å². The Morgan fingerprint density at radius 2 is 1.30 bits per heavy atom. The monoisotopic (exact) mass is 769 g/mol. The Morgan fingerprint density at radius 3 is 1.92 bits per heavy atom. The van der Waals surface area contributed by atoms with Crippen molar-refractivity contribution in [3.05, 3.63) is 119 Å². The van der Waals surface area contributed by atoms with Crippen molar-refractivity contribution in [3.8, 4) is 0 Å². The Hall–Kier alpha value is -6.25. The average Bonchev–Trinajstić information content (AvgIpc) is 3.11. The Bertz CT molecular complexity index is 2600. The van der Waals surface area contributed by atoms with Gasteiger partial charge in [-0.15, -0.1) is 10.2 Å². The number of hydrogen-bond donors (Lipinski definition) is 6. The second-order valence-corrected chi connectivity index (χ2v) is 15.1. The first-order chi connectivity index (χ1) is 25.2. The maximum absolute atomic E-state index is 13.7. The molecule has 0 aromatic heterocycles. The number of Topliss-reactive ketones (excluding diaryl/α,β-unsaturated/α-hetero) is 1. The minimum absolute atomic E-state index is 0.305. The van der Waals surface area contributed by atoms with Crippen LogP contribution < -0.4 is 22.6 Å². The van der Waals surface area contributed by atoms with E-state index < -0.39 is 52.9 Å². The summed E-state index contributed by atoms with van der Waals surface area (Å²) in [5.41, 5.74) is 20.6. The molecule has 0 saturated carbocycles. The van der Waals surface area contributed by atoms with Crippen molar-refractivity contribution in [2.45, 2.75) is 14.7 Å². The molecule has 0 fully saturated rings. The third-order valence-corrected chi connectivity index (χ3v) is 10.2. The van der Waals surface area contributed by atoms with Crippen molar-refractivity contribution in [1.29, 1.82) is 0 Å². The van der Waals surface area contributed by atoms with E-state index in [9.17, 15) is 30.7 Å². The number of ketones is 1. The van der Waals surface area contributed by atoms with Crippen LogP contribution in [0.1, 0.15) is 15.9 Å². The fourth-order valence-electron chi connectivity index (χ4n) is 4.91. The molecule has 5 aromatic rings. The first-order valence-electron chi connectivity index (χ1n) is 15.1. The zero-order chi connectivity index (χ0) is 37.9. The molecule has 9 N–H and O–H groups in total. The summed E-state index contributed by atoms with van der Waals surface area (Å²) >= 11 is 1.44. The number of nitrogen functional groups attached to an aromatic ring is 3. The predicted octanol–water partition coefficient (Wildman–Crippen LogP) is 7.56. The summed E-state index contributed by atoms with van der Waals surface area (Å²) in [4.78, 5) is 13.7. The predicted molar refractivity (Wildman–Crippen MR) is 203 cm³/mol. The number of anilines is 4. The molecule has 0 amide bonds. The molecule has 19 heteroatoms. The number of hydrogen-bond acceptors (Lipinski definition) is 15. The summed E-state index contributed by atoms with van der Waals surface area (Å²) in [5, 5.41) is 20.2. The lowest BCUT2D eigenvalue weighted by atomic mass is 9.92. The van der Waals surface area contributed by atoms with Gasteiger partial charge in [-0.2, -0.15) is 32.2 Å². The van der Waals surface area contributed by atoms with Gasteiger partial charge in [0, 0.05) is 15.5 Å². The average molecular weight is 770 g/mol. The van der Waals surface area contributed by atoms with Gasteiger partial charge in [0.1, 0.15) is 21.2 Å². The summed E-state index contributed by atoms with van der Waals surface area (Å²) in [6, 6.07) is 28.0.